The van der Waals surface area contributed by atoms with E-state index in [1.54, 1.807) is 0 Å². The summed E-state index contributed by atoms with van der Waals surface area (Å²) in [5.41, 5.74) is 4.91. The Bertz CT molecular complexity index is 1270. The summed E-state index contributed by atoms with van der Waals surface area (Å²) in [7, 11) is 1.41. The van der Waals surface area contributed by atoms with Crippen molar-refractivity contribution >= 4 is 33.6 Å². The number of aryl methyl sites for hydroxylation is 1. The van der Waals surface area contributed by atoms with Crippen molar-refractivity contribution in [2.75, 3.05) is 38.3 Å². The highest BCUT2D eigenvalue weighted by Crippen LogP contribution is 2.32. The van der Waals surface area contributed by atoms with Gasteiger partial charge in [0.25, 0.3) is 0 Å². The number of nitrogens with zero attached hydrogens (tertiary/aromatic N) is 4. The number of anilines is 1. The van der Waals surface area contributed by atoms with E-state index in [0.29, 0.717) is 24.3 Å². The van der Waals surface area contributed by atoms with Gasteiger partial charge in [0.15, 0.2) is 0 Å². The van der Waals surface area contributed by atoms with Crippen LogP contribution in [-0.4, -0.2) is 53.9 Å². The van der Waals surface area contributed by atoms with Crippen molar-refractivity contribution in [1.29, 1.82) is 0 Å². The van der Waals surface area contributed by atoms with Gasteiger partial charge in [-0.05, 0) is 24.3 Å². The third kappa shape index (κ3) is 3.31. The van der Waals surface area contributed by atoms with Gasteiger partial charge in [-0.2, -0.15) is 0 Å². The van der Waals surface area contributed by atoms with E-state index < -0.39 is 0 Å². The molecule has 31 heavy (non-hydrogen) atoms. The first-order valence-electron chi connectivity index (χ1n) is 10.5. The quantitative estimate of drug-likeness (QED) is 0.472. The van der Waals surface area contributed by atoms with Gasteiger partial charge in [-0.25, -0.2) is 9.78 Å². The Labute approximate surface area is 180 Å². The number of carbonyl (C=O) groups excluding carboxylic acids is 1. The number of hydrogen-bond acceptors (Lipinski definition) is 6. The van der Waals surface area contributed by atoms with Crippen LogP contribution in [-0.2, 0) is 15.9 Å². The van der Waals surface area contributed by atoms with E-state index in [0.717, 1.165) is 53.1 Å². The molecule has 1 fully saturated rings. The first kappa shape index (κ1) is 19.5. The Balaban J connectivity index is 1.82. The Morgan fingerprint density at radius 3 is 2.74 bits per heavy atom. The molecule has 7 nitrogen and oxygen atoms in total. The van der Waals surface area contributed by atoms with Crippen molar-refractivity contribution in [2.45, 2.75) is 13.3 Å². The van der Waals surface area contributed by atoms with Gasteiger partial charge >= 0.3 is 5.97 Å². The molecule has 0 unspecified atom stereocenters. The lowest BCUT2D eigenvalue weighted by Crippen LogP contribution is -2.36. The van der Waals surface area contributed by atoms with E-state index in [4.69, 9.17) is 14.5 Å². The molecule has 4 aromatic rings. The van der Waals surface area contributed by atoms with Gasteiger partial charge in [0.05, 0.1) is 42.6 Å². The number of fused-ring (bicyclic) bond motifs is 2. The van der Waals surface area contributed by atoms with Crippen LogP contribution in [0.25, 0.3) is 27.6 Å². The van der Waals surface area contributed by atoms with Crippen molar-refractivity contribution in [2.24, 2.45) is 0 Å². The molecule has 1 saturated heterocycles. The highest BCUT2D eigenvalue weighted by Gasteiger charge is 2.23. The Morgan fingerprint density at radius 2 is 1.97 bits per heavy atom. The highest BCUT2D eigenvalue weighted by atomic mass is 16.5. The number of pyridine rings is 1. The van der Waals surface area contributed by atoms with E-state index >= 15 is 0 Å². The molecule has 3 heterocycles. The molecule has 0 saturated carbocycles. The molecule has 7 heteroatoms. The number of imidazole rings is 1. The zero-order valence-electron chi connectivity index (χ0n) is 17.7. The first-order chi connectivity index (χ1) is 15.2. The molecule has 0 radical (unpaired) electrons. The smallest absolute Gasteiger partial charge is 0.340 e. The minimum absolute atomic E-state index is 0.382. The van der Waals surface area contributed by atoms with Crippen LogP contribution >= 0.6 is 0 Å². The summed E-state index contributed by atoms with van der Waals surface area (Å²) in [6.45, 7) is 4.96. The van der Waals surface area contributed by atoms with Gasteiger partial charge in [0.2, 0.25) is 0 Å². The molecule has 0 amide bonds. The predicted molar refractivity (Wildman–Crippen MR) is 120 cm³/mol. The number of para-hydroxylation sites is 1. The summed E-state index contributed by atoms with van der Waals surface area (Å²) >= 11 is 0. The molecule has 0 spiro atoms. The maximum Gasteiger partial charge on any atom is 0.340 e. The number of methoxy groups -OCH3 is 1. The minimum atomic E-state index is -0.382. The topological polar surface area (TPSA) is 69.5 Å². The minimum Gasteiger partial charge on any atom is -0.465 e. The lowest BCUT2D eigenvalue weighted by atomic mass is 10.1. The van der Waals surface area contributed by atoms with Gasteiger partial charge in [-0.3, -0.25) is 9.55 Å². The normalized spacial score (nSPS) is 14.3. The molecule has 0 aliphatic carbocycles. The van der Waals surface area contributed by atoms with Gasteiger partial charge in [0.1, 0.15) is 11.3 Å². The first-order valence-corrected chi connectivity index (χ1v) is 10.5. The fourth-order valence-electron chi connectivity index (χ4n) is 4.26. The van der Waals surface area contributed by atoms with Crippen molar-refractivity contribution in [3.05, 3.63) is 60.0 Å². The average Bonchev–Trinajstić information content (AvgIpc) is 3.21. The fraction of sp³-hybridized carbons (Fsp3) is 0.292. The molecule has 0 atom stereocenters. The maximum atomic E-state index is 12.7. The predicted octanol–water partition coefficient (Wildman–Crippen LogP) is 3.76. The number of aromatic nitrogens is 3. The third-order valence-electron chi connectivity index (χ3n) is 5.78. The van der Waals surface area contributed by atoms with Crippen LogP contribution < -0.4 is 4.90 Å². The third-order valence-corrected chi connectivity index (χ3v) is 5.78. The lowest BCUT2D eigenvalue weighted by Gasteiger charge is -2.29. The number of rotatable bonds is 4. The number of morpholine rings is 1. The van der Waals surface area contributed by atoms with Gasteiger partial charge in [-0.1, -0.05) is 25.1 Å². The zero-order valence-corrected chi connectivity index (χ0v) is 17.7. The molecule has 2 aromatic carbocycles. The average molecular weight is 416 g/mol. The van der Waals surface area contributed by atoms with Crippen molar-refractivity contribution in [3.8, 4) is 5.69 Å². The number of hydrogen-bond donors (Lipinski definition) is 0. The summed E-state index contributed by atoms with van der Waals surface area (Å²) in [4.78, 5) is 24.3. The molecule has 1 aliphatic heterocycles. The van der Waals surface area contributed by atoms with Crippen LogP contribution in [0.4, 0.5) is 5.69 Å². The molecule has 158 valence electrons. The van der Waals surface area contributed by atoms with Crippen LogP contribution in [0.2, 0.25) is 0 Å². The van der Waals surface area contributed by atoms with Crippen LogP contribution in [0.1, 0.15) is 23.1 Å². The molecular formula is C24H24N4O3. The van der Waals surface area contributed by atoms with E-state index in [9.17, 15) is 4.79 Å². The van der Waals surface area contributed by atoms with E-state index in [-0.39, 0.29) is 5.97 Å². The molecule has 5 rings (SSSR count). The summed E-state index contributed by atoms with van der Waals surface area (Å²) in [5, 5.41) is 1.04. The second-order valence-corrected chi connectivity index (χ2v) is 7.52. The Morgan fingerprint density at radius 1 is 1.16 bits per heavy atom. The maximum absolute atomic E-state index is 12.7. The van der Waals surface area contributed by atoms with Crippen molar-refractivity contribution < 1.29 is 14.3 Å². The van der Waals surface area contributed by atoms with E-state index in [1.165, 1.54) is 7.11 Å². The number of carbonyl (C=O) groups is 1. The van der Waals surface area contributed by atoms with Crippen LogP contribution in [0.5, 0.6) is 0 Å². The van der Waals surface area contributed by atoms with Gasteiger partial charge < -0.3 is 14.4 Å². The lowest BCUT2D eigenvalue weighted by molar-refractivity contribution is 0.0603. The molecule has 2 aromatic heterocycles. The summed E-state index contributed by atoms with van der Waals surface area (Å²) in [6, 6.07) is 14.1. The van der Waals surface area contributed by atoms with Crippen molar-refractivity contribution in [1.82, 2.24) is 14.5 Å². The molecule has 0 N–H and O–H groups in total. The number of benzene rings is 2. The second-order valence-electron chi connectivity index (χ2n) is 7.52. The van der Waals surface area contributed by atoms with Crippen molar-refractivity contribution in [3.63, 3.8) is 0 Å². The highest BCUT2D eigenvalue weighted by molar-refractivity contribution is 6.05. The standard InChI is InChI=1S/C24H24N4O3/c1-3-22-26-23-18(24(29)30-2)14-16(27-10-12-31-13-11-27)15-21(23)28(22)20-8-9-25-19-7-5-4-6-17(19)20/h4-9,14-15H,3,10-13H2,1-2H3. The monoisotopic (exact) mass is 416 g/mol. The SMILES string of the molecule is CCc1nc2c(C(=O)OC)cc(N3CCOCC3)cc2n1-c1ccnc2ccccc12. The molecular weight excluding hydrogens is 392 g/mol. The molecule has 1 aliphatic rings. The Kier molecular flexibility index (Phi) is 5.03. The molecule has 0 bridgehead atoms. The van der Waals surface area contributed by atoms with Crippen LogP contribution in [0, 0.1) is 0 Å². The van der Waals surface area contributed by atoms with E-state index in [1.807, 2.05) is 36.5 Å². The Hall–Kier alpha value is -3.45. The van der Waals surface area contributed by atoms with Crippen LogP contribution in [0.3, 0.4) is 0 Å². The van der Waals surface area contributed by atoms with Gasteiger partial charge in [-0.15, -0.1) is 0 Å². The van der Waals surface area contributed by atoms with Crippen LogP contribution in [0.15, 0.2) is 48.7 Å². The summed E-state index contributed by atoms with van der Waals surface area (Å²) in [6.07, 6.45) is 2.54. The summed E-state index contributed by atoms with van der Waals surface area (Å²) < 4.78 is 12.8. The zero-order chi connectivity index (χ0) is 21.4. The largest absolute Gasteiger partial charge is 0.465 e. The summed E-state index contributed by atoms with van der Waals surface area (Å²) in [5.74, 6) is 0.502. The van der Waals surface area contributed by atoms with E-state index in [2.05, 4.69) is 33.5 Å². The number of esters is 1. The van der Waals surface area contributed by atoms with Gasteiger partial charge in [0, 0.05) is 36.8 Å². The second kappa shape index (κ2) is 8.00. The fourth-order valence-corrected chi connectivity index (χ4v) is 4.26. The number of ether oxygens (including phenoxy) is 2.